The predicted octanol–water partition coefficient (Wildman–Crippen LogP) is 2.37. The van der Waals surface area contributed by atoms with Crippen LogP contribution >= 0.6 is 11.6 Å². The van der Waals surface area contributed by atoms with E-state index in [2.05, 4.69) is 10.6 Å². The number of carbonyl (C=O) groups is 1. The highest BCUT2D eigenvalue weighted by atomic mass is 35.5. The number of quaternary nitrogens is 1. The summed E-state index contributed by atoms with van der Waals surface area (Å²) in [6, 6.07) is 7.28. The second-order valence-electron chi connectivity index (χ2n) is 8.34. The number of rotatable bonds is 7. The summed E-state index contributed by atoms with van der Waals surface area (Å²) in [7, 11) is 0. The maximum Gasteiger partial charge on any atom is 0.275 e. The van der Waals surface area contributed by atoms with Crippen molar-refractivity contribution in [2.75, 3.05) is 19.7 Å². The first-order chi connectivity index (χ1) is 12.1. The van der Waals surface area contributed by atoms with Crippen LogP contribution in [0.5, 0.6) is 5.75 Å². The number of nitrogens with two attached hydrogens (primary N) is 1. The fourth-order valence-electron chi connectivity index (χ4n) is 5.70. The Balaban J connectivity index is 1.17. The molecule has 0 spiro atoms. The van der Waals surface area contributed by atoms with Gasteiger partial charge in [-0.3, -0.25) is 4.79 Å². The molecule has 0 unspecified atom stereocenters. The molecule has 1 aromatic carbocycles. The van der Waals surface area contributed by atoms with Crippen LogP contribution in [0.2, 0.25) is 5.02 Å². The zero-order valence-electron chi connectivity index (χ0n) is 14.7. The lowest BCUT2D eigenvalue weighted by Crippen LogP contribution is -3.00. The molecule has 0 heterocycles. The highest BCUT2D eigenvalue weighted by molar-refractivity contribution is 6.30. The van der Waals surface area contributed by atoms with Crippen molar-refractivity contribution < 1.29 is 14.8 Å². The Bertz CT molecular complexity index is 581. The first-order valence-corrected chi connectivity index (χ1v) is 9.97. The summed E-state index contributed by atoms with van der Waals surface area (Å²) in [5.41, 5.74) is 0.367. The van der Waals surface area contributed by atoms with Gasteiger partial charge in [0.2, 0.25) is 0 Å². The van der Waals surface area contributed by atoms with Crippen LogP contribution in [0.15, 0.2) is 24.3 Å². The number of nitrogens with one attached hydrogen (secondary N) is 1. The fourth-order valence-corrected chi connectivity index (χ4v) is 5.83. The van der Waals surface area contributed by atoms with Crippen LogP contribution in [0.25, 0.3) is 0 Å². The van der Waals surface area contributed by atoms with Crippen LogP contribution in [-0.2, 0) is 4.79 Å². The van der Waals surface area contributed by atoms with Crippen LogP contribution in [0, 0.1) is 17.8 Å². The minimum atomic E-state index is 0.121. The fraction of sp³-hybridized carbons (Fsp3) is 0.650. The first-order valence-electron chi connectivity index (χ1n) is 9.60. The van der Waals surface area contributed by atoms with Gasteiger partial charge in [-0.2, -0.15) is 0 Å². The van der Waals surface area contributed by atoms with Gasteiger partial charge in [0.15, 0.2) is 6.54 Å². The average molecular weight is 364 g/mol. The molecule has 0 saturated heterocycles. The van der Waals surface area contributed by atoms with Crippen molar-refractivity contribution >= 4 is 17.5 Å². The second kappa shape index (κ2) is 7.16. The minimum Gasteiger partial charge on any atom is -0.492 e. The van der Waals surface area contributed by atoms with Crippen molar-refractivity contribution in [2.45, 2.75) is 44.1 Å². The first kappa shape index (κ1) is 17.2. The molecule has 4 aliphatic carbocycles. The summed E-state index contributed by atoms with van der Waals surface area (Å²) in [6.07, 6.45) is 8.31. The molecule has 0 radical (unpaired) electrons. The maximum atomic E-state index is 12.2. The lowest BCUT2D eigenvalue weighted by atomic mass is 9.53. The van der Waals surface area contributed by atoms with Crippen molar-refractivity contribution in [3.05, 3.63) is 29.3 Å². The number of benzene rings is 1. The smallest absolute Gasteiger partial charge is 0.275 e. The Hall–Kier alpha value is -1.26. The van der Waals surface area contributed by atoms with Gasteiger partial charge < -0.3 is 15.4 Å². The Morgan fingerprint density at radius 2 is 1.72 bits per heavy atom. The zero-order chi connectivity index (χ0) is 17.3. The van der Waals surface area contributed by atoms with E-state index in [9.17, 15) is 4.79 Å². The van der Waals surface area contributed by atoms with E-state index in [-0.39, 0.29) is 5.91 Å². The van der Waals surface area contributed by atoms with Crippen LogP contribution in [0.3, 0.4) is 0 Å². The summed E-state index contributed by atoms with van der Waals surface area (Å²) in [5, 5.41) is 6.02. The molecule has 0 aliphatic heterocycles. The summed E-state index contributed by atoms with van der Waals surface area (Å²) >= 11 is 5.85. The van der Waals surface area contributed by atoms with E-state index in [0.717, 1.165) is 23.5 Å². The quantitative estimate of drug-likeness (QED) is 0.731. The zero-order valence-corrected chi connectivity index (χ0v) is 15.4. The van der Waals surface area contributed by atoms with Crippen LogP contribution in [0.1, 0.15) is 38.5 Å². The number of halogens is 1. The Kier molecular flexibility index (Phi) is 4.92. The number of hydrogen-bond acceptors (Lipinski definition) is 2. The number of ether oxygens (including phenoxy) is 1. The molecule has 4 fully saturated rings. The molecular weight excluding hydrogens is 336 g/mol. The summed E-state index contributed by atoms with van der Waals surface area (Å²) in [4.78, 5) is 12.2. The summed E-state index contributed by atoms with van der Waals surface area (Å²) < 4.78 is 5.61. The molecule has 4 nitrogen and oxygen atoms in total. The SMILES string of the molecule is O=C(C[NH2+]C12CC3CC(CC(C3)C1)C2)NCCOc1ccc(Cl)cc1. The topological polar surface area (TPSA) is 54.9 Å². The van der Waals surface area contributed by atoms with Crippen molar-refractivity contribution in [2.24, 2.45) is 17.8 Å². The van der Waals surface area contributed by atoms with Gasteiger partial charge in [0.25, 0.3) is 5.91 Å². The van der Waals surface area contributed by atoms with Crippen molar-refractivity contribution in [1.82, 2.24) is 5.32 Å². The Morgan fingerprint density at radius 1 is 1.12 bits per heavy atom. The molecule has 4 aliphatic rings. The molecular formula is C20H28ClN2O2+. The molecule has 25 heavy (non-hydrogen) atoms. The number of amides is 1. The summed E-state index contributed by atoms with van der Waals surface area (Å²) in [5.74, 6) is 3.68. The highest BCUT2D eigenvalue weighted by Gasteiger charge is 2.53. The van der Waals surface area contributed by atoms with Gasteiger partial charge in [0.05, 0.1) is 12.1 Å². The lowest BCUT2D eigenvalue weighted by Gasteiger charge is -2.54. The molecule has 1 amide bonds. The van der Waals surface area contributed by atoms with E-state index >= 15 is 0 Å². The van der Waals surface area contributed by atoms with Gasteiger partial charge in [-0.05, 0) is 61.3 Å². The molecule has 0 atom stereocenters. The van der Waals surface area contributed by atoms with E-state index in [0.29, 0.717) is 30.3 Å². The molecule has 1 aromatic rings. The molecule has 5 rings (SSSR count). The van der Waals surface area contributed by atoms with Crippen molar-refractivity contribution in [3.8, 4) is 5.75 Å². The monoisotopic (exact) mass is 363 g/mol. The van der Waals surface area contributed by atoms with Gasteiger partial charge in [-0.25, -0.2) is 0 Å². The normalized spacial score (nSPS) is 32.6. The van der Waals surface area contributed by atoms with E-state index in [4.69, 9.17) is 16.3 Å². The molecule has 4 bridgehead atoms. The molecule has 0 aromatic heterocycles. The Morgan fingerprint density at radius 3 is 2.32 bits per heavy atom. The standard InChI is InChI=1S/C20H27ClN2O2/c21-17-1-3-18(4-2-17)25-6-5-22-19(24)13-23-20-10-14-7-15(11-20)9-16(8-14)12-20/h1-4,14-16,23H,5-13H2,(H,22,24)/p+1. The largest absolute Gasteiger partial charge is 0.492 e. The average Bonchev–Trinajstić information content (AvgIpc) is 2.57. The summed E-state index contributed by atoms with van der Waals surface area (Å²) in [6.45, 7) is 1.56. The van der Waals surface area contributed by atoms with Crippen LogP contribution < -0.4 is 15.4 Å². The van der Waals surface area contributed by atoms with E-state index in [1.165, 1.54) is 38.5 Å². The molecule has 136 valence electrons. The third kappa shape index (κ3) is 4.12. The van der Waals surface area contributed by atoms with Crippen LogP contribution in [0.4, 0.5) is 0 Å². The predicted molar refractivity (Wildman–Crippen MR) is 97.7 cm³/mol. The van der Waals surface area contributed by atoms with Crippen molar-refractivity contribution in [3.63, 3.8) is 0 Å². The third-order valence-corrected chi connectivity index (χ3v) is 6.56. The number of hydrogen-bond donors (Lipinski definition) is 2. The molecule has 4 saturated carbocycles. The second-order valence-corrected chi connectivity index (χ2v) is 8.78. The highest BCUT2D eigenvalue weighted by Crippen LogP contribution is 2.54. The maximum absolute atomic E-state index is 12.2. The minimum absolute atomic E-state index is 0.121. The Labute approximate surface area is 154 Å². The van der Waals surface area contributed by atoms with E-state index in [1.54, 1.807) is 12.1 Å². The molecule has 3 N–H and O–H groups in total. The van der Waals surface area contributed by atoms with Gasteiger partial charge >= 0.3 is 0 Å². The van der Waals surface area contributed by atoms with E-state index in [1.807, 2.05) is 12.1 Å². The van der Waals surface area contributed by atoms with E-state index < -0.39 is 0 Å². The van der Waals surface area contributed by atoms with Crippen molar-refractivity contribution in [1.29, 1.82) is 0 Å². The van der Waals surface area contributed by atoms with Gasteiger partial charge in [0.1, 0.15) is 12.4 Å². The van der Waals surface area contributed by atoms with Gasteiger partial charge in [-0.15, -0.1) is 0 Å². The lowest BCUT2D eigenvalue weighted by molar-refractivity contribution is -0.730. The van der Waals surface area contributed by atoms with Gasteiger partial charge in [-0.1, -0.05) is 11.6 Å². The molecule has 5 heteroatoms. The number of carbonyl (C=O) groups excluding carboxylic acids is 1. The van der Waals surface area contributed by atoms with Crippen LogP contribution in [-0.4, -0.2) is 31.1 Å². The van der Waals surface area contributed by atoms with Gasteiger partial charge in [0, 0.05) is 24.3 Å². The third-order valence-electron chi connectivity index (χ3n) is 6.31.